The van der Waals surface area contributed by atoms with E-state index in [4.69, 9.17) is 5.26 Å². The molecule has 0 aromatic heterocycles. The van der Waals surface area contributed by atoms with E-state index in [9.17, 15) is 0 Å². The van der Waals surface area contributed by atoms with E-state index in [1.165, 1.54) is 11.1 Å². The lowest BCUT2D eigenvalue weighted by Gasteiger charge is -2.29. The lowest BCUT2D eigenvalue weighted by molar-refractivity contribution is 0.202. The highest BCUT2D eigenvalue weighted by molar-refractivity contribution is 5.37. The number of nitrogens with zero attached hydrogens (tertiary/aromatic N) is 3. The number of hydrogen-bond acceptors (Lipinski definition) is 4. The van der Waals surface area contributed by atoms with Crippen LogP contribution in [0.5, 0.6) is 0 Å². The van der Waals surface area contributed by atoms with Crippen molar-refractivity contribution < 1.29 is 0 Å². The van der Waals surface area contributed by atoms with Gasteiger partial charge in [0.15, 0.2) is 0 Å². The maximum atomic E-state index is 8.89. The summed E-state index contributed by atoms with van der Waals surface area (Å²) in [6.07, 6.45) is 0. The molecule has 1 aliphatic heterocycles. The molecule has 0 atom stereocenters. The van der Waals surface area contributed by atoms with Gasteiger partial charge < -0.3 is 10.2 Å². The average Bonchev–Trinajstić information content (AvgIpc) is 2.48. The van der Waals surface area contributed by atoms with Crippen molar-refractivity contribution in [3.63, 3.8) is 0 Å². The Morgan fingerprint density at radius 2 is 2.10 bits per heavy atom. The third-order valence-corrected chi connectivity index (χ3v) is 3.92. The van der Waals surface area contributed by atoms with Gasteiger partial charge in [0.05, 0.1) is 11.6 Å². The molecule has 1 N–H and O–H groups in total. The molecule has 4 heteroatoms. The summed E-state index contributed by atoms with van der Waals surface area (Å²) >= 11 is 0. The summed E-state index contributed by atoms with van der Waals surface area (Å²) < 4.78 is 0. The second-order valence-electron chi connectivity index (χ2n) is 5.58. The van der Waals surface area contributed by atoms with Crippen LogP contribution in [-0.2, 0) is 6.54 Å². The van der Waals surface area contributed by atoms with Gasteiger partial charge in [-0.1, -0.05) is 6.07 Å². The number of rotatable bonds is 5. The summed E-state index contributed by atoms with van der Waals surface area (Å²) in [4.78, 5) is 4.87. The molecular formula is C16H24N4. The topological polar surface area (TPSA) is 42.3 Å². The van der Waals surface area contributed by atoms with Crippen LogP contribution in [0, 0.1) is 18.3 Å². The molecule has 0 unspecified atom stereocenters. The van der Waals surface area contributed by atoms with E-state index in [2.05, 4.69) is 41.2 Å². The standard InChI is InChI=1S/C16H24N4/c1-14-11-15(12-17)3-4-16(14)13-19(2)9-10-20-7-5-18-6-8-20/h3-4,11,18H,5-10,13H2,1-2H3. The zero-order chi connectivity index (χ0) is 14.4. The number of aryl methyl sites for hydroxylation is 1. The predicted octanol–water partition coefficient (Wildman–Crippen LogP) is 1.20. The summed E-state index contributed by atoms with van der Waals surface area (Å²) in [5.74, 6) is 0. The number of piperazine rings is 1. The molecule has 1 aromatic carbocycles. The first-order chi connectivity index (χ1) is 9.69. The third-order valence-electron chi connectivity index (χ3n) is 3.92. The zero-order valence-corrected chi connectivity index (χ0v) is 12.5. The maximum Gasteiger partial charge on any atom is 0.0991 e. The minimum Gasteiger partial charge on any atom is -0.314 e. The largest absolute Gasteiger partial charge is 0.314 e. The molecule has 108 valence electrons. The minimum atomic E-state index is 0.745. The zero-order valence-electron chi connectivity index (χ0n) is 12.5. The van der Waals surface area contributed by atoms with Crippen LogP contribution in [0.2, 0.25) is 0 Å². The van der Waals surface area contributed by atoms with Crippen molar-refractivity contribution in [2.24, 2.45) is 0 Å². The lowest BCUT2D eigenvalue weighted by atomic mass is 10.1. The fraction of sp³-hybridized carbons (Fsp3) is 0.562. The predicted molar refractivity (Wildman–Crippen MR) is 81.5 cm³/mol. The first-order valence-corrected chi connectivity index (χ1v) is 7.30. The van der Waals surface area contributed by atoms with Gasteiger partial charge in [-0.2, -0.15) is 5.26 Å². The van der Waals surface area contributed by atoms with Gasteiger partial charge in [-0.3, -0.25) is 4.90 Å². The first-order valence-electron chi connectivity index (χ1n) is 7.30. The summed E-state index contributed by atoms with van der Waals surface area (Å²) in [7, 11) is 2.17. The number of benzene rings is 1. The van der Waals surface area contributed by atoms with Crippen LogP contribution in [0.4, 0.5) is 0 Å². The molecule has 0 amide bonds. The molecule has 4 nitrogen and oxygen atoms in total. The normalized spacial score (nSPS) is 16.3. The quantitative estimate of drug-likeness (QED) is 0.875. The van der Waals surface area contributed by atoms with Crippen LogP contribution in [0.3, 0.4) is 0 Å². The molecule has 1 aromatic rings. The van der Waals surface area contributed by atoms with E-state index < -0.39 is 0 Å². The van der Waals surface area contributed by atoms with Crippen LogP contribution >= 0.6 is 0 Å². The van der Waals surface area contributed by atoms with E-state index in [0.29, 0.717) is 0 Å². The lowest BCUT2D eigenvalue weighted by Crippen LogP contribution is -2.45. The van der Waals surface area contributed by atoms with Crippen molar-refractivity contribution in [1.82, 2.24) is 15.1 Å². The Balaban J connectivity index is 1.81. The molecule has 0 aliphatic carbocycles. The van der Waals surface area contributed by atoms with E-state index in [0.717, 1.165) is 51.4 Å². The Labute approximate surface area is 122 Å². The Bertz CT molecular complexity index is 472. The first kappa shape index (κ1) is 15.0. The van der Waals surface area contributed by atoms with Gasteiger partial charge in [0, 0.05) is 45.8 Å². The summed E-state index contributed by atoms with van der Waals surface area (Å²) in [6, 6.07) is 8.15. The van der Waals surface area contributed by atoms with E-state index >= 15 is 0 Å². The second kappa shape index (κ2) is 7.39. The van der Waals surface area contributed by atoms with Crippen LogP contribution < -0.4 is 5.32 Å². The molecule has 0 saturated carbocycles. The molecule has 2 rings (SSSR count). The fourth-order valence-corrected chi connectivity index (χ4v) is 2.56. The number of nitriles is 1. The van der Waals surface area contributed by atoms with Crippen molar-refractivity contribution in [3.8, 4) is 6.07 Å². The van der Waals surface area contributed by atoms with Crippen molar-refractivity contribution in [2.75, 3.05) is 46.3 Å². The Morgan fingerprint density at radius 1 is 1.35 bits per heavy atom. The second-order valence-corrected chi connectivity index (χ2v) is 5.58. The smallest absolute Gasteiger partial charge is 0.0991 e. The summed E-state index contributed by atoms with van der Waals surface area (Å²) in [5.41, 5.74) is 3.26. The molecule has 1 saturated heterocycles. The van der Waals surface area contributed by atoms with Gasteiger partial charge in [0.2, 0.25) is 0 Å². The molecule has 0 radical (unpaired) electrons. The minimum absolute atomic E-state index is 0.745. The fourth-order valence-electron chi connectivity index (χ4n) is 2.56. The summed E-state index contributed by atoms with van der Waals surface area (Å²) in [6.45, 7) is 9.78. The van der Waals surface area contributed by atoms with Crippen LogP contribution in [0.25, 0.3) is 0 Å². The van der Waals surface area contributed by atoms with Crippen molar-refractivity contribution >= 4 is 0 Å². The summed E-state index contributed by atoms with van der Waals surface area (Å²) in [5, 5.41) is 12.3. The maximum absolute atomic E-state index is 8.89. The SMILES string of the molecule is Cc1cc(C#N)ccc1CN(C)CCN1CCNCC1. The van der Waals surface area contributed by atoms with Gasteiger partial charge in [0.1, 0.15) is 0 Å². The molecule has 0 spiro atoms. The van der Waals surface area contributed by atoms with Crippen LogP contribution in [0.1, 0.15) is 16.7 Å². The molecule has 1 fully saturated rings. The number of nitrogens with one attached hydrogen (secondary N) is 1. The Kier molecular flexibility index (Phi) is 5.54. The Morgan fingerprint density at radius 3 is 2.75 bits per heavy atom. The van der Waals surface area contributed by atoms with Crippen LogP contribution in [0.15, 0.2) is 18.2 Å². The van der Waals surface area contributed by atoms with Crippen molar-refractivity contribution in [3.05, 3.63) is 34.9 Å². The highest BCUT2D eigenvalue weighted by Gasteiger charge is 2.10. The highest BCUT2D eigenvalue weighted by atomic mass is 15.2. The molecule has 0 bridgehead atoms. The van der Waals surface area contributed by atoms with Gasteiger partial charge in [-0.05, 0) is 37.2 Å². The number of hydrogen-bond donors (Lipinski definition) is 1. The van der Waals surface area contributed by atoms with Crippen molar-refractivity contribution in [2.45, 2.75) is 13.5 Å². The monoisotopic (exact) mass is 272 g/mol. The van der Waals surface area contributed by atoms with Gasteiger partial charge >= 0.3 is 0 Å². The van der Waals surface area contributed by atoms with Crippen molar-refractivity contribution in [1.29, 1.82) is 5.26 Å². The van der Waals surface area contributed by atoms with Gasteiger partial charge in [0.25, 0.3) is 0 Å². The van der Waals surface area contributed by atoms with E-state index in [1.807, 2.05) is 12.1 Å². The van der Waals surface area contributed by atoms with E-state index in [-0.39, 0.29) is 0 Å². The third kappa shape index (κ3) is 4.31. The van der Waals surface area contributed by atoms with Crippen LogP contribution in [-0.4, -0.2) is 56.1 Å². The highest BCUT2D eigenvalue weighted by Crippen LogP contribution is 2.12. The molecule has 20 heavy (non-hydrogen) atoms. The van der Waals surface area contributed by atoms with Gasteiger partial charge in [-0.15, -0.1) is 0 Å². The van der Waals surface area contributed by atoms with Gasteiger partial charge in [-0.25, -0.2) is 0 Å². The van der Waals surface area contributed by atoms with E-state index in [1.54, 1.807) is 0 Å². The number of likely N-dealkylation sites (N-methyl/N-ethyl adjacent to an activating group) is 1. The molecule has 1 heterocycles. The average molecular weight is 272 g/mol. The molecular weight excluding hydrogens is 248 g/mol. The Hall–Kier alpha value is -1.41. The molecule has 1 aliphatic rings.